The predicted molar refractivity (Wildman–Crippen MR) is 63.2 cm³/mol. The van der Waals surface area contributed by atoms with Crippen LogP contribution >= 0.6 is 0 Å². The lowest BCUT2D eigenvalue weighted by molar-refractivity contribution is -0.132. The van der Waals surface area contributed by atoms with E-state index >= 15 is 0 Å². The van der Waals surface area contributed by atoms with Crippen molar-refractivity contribution in [3.63, 3.8) is 0 Å². The molecule has 0 spiro atoms. The van der Waals surface area contributed by atoms with Gasteiger partial charge in [0.25, 0.3) is 5.91 Å². The molecule has 1 aromatic rings. The van der Waals surface area contributed by atoms with Crippen LogP contribution in [0.15, 0.2) is 18.2 Å². The summed E-state index contributed by atoms with van der Waals surface area (Å²) in [5.41, 5.74) is 5.33. The summed E-state index contributed by atoms with van der Waals surface area (Å²) in [6, 6.07) is 3.13. The van der Waals surface area contributed by atoms with Crippen molar-refractivity contribution in [2.24, 2.45) is 5.73 Å². The lowest BCUT2D eigenvalue weighted by Gasteiger charge is -2.16. The van der Waals surface area contributed by atoms with Crippen molar-refractivity contribution in [2.45, 2.75) is 6.42 Å². The minimum absolute atomic E-state index is 0.120. The second-order valence-electron chi connectivity index (χ2n) is 3.82. The number of rotatable bonds is 6. The molecule has 0 fully saturated rings. The third-order valence-corrected chi connectivity index (χ3v) is 2.38. The van der Waals surface area contributed by atoms with Gasteiger partial charge < -0.3 is 15.4 Å². The van der Waals surface area contributed by atoms with Crippen molar-refractivity contribution < 1.29 is 18.3 Å². The topological polar surface area (TPSA) is 55.6 Å². The van der Waals surface area contributed by atoms with Crippen molar-refractivity contribution in [3.05, 3.63) is 29.8 Å². The largest absolute Gasteiger partial charge is 0.484 e. The van der Waals surface area contributed by atoms with Gasteiger partial charge in [-0.15, -0.1) is 0 Å². The molecule has 100 valence electrons. The molecule has 1 rings (SSSR count). The summed E-state index contributed by atoms with van der Waals surface area (Å²) >= 11 is 0. The van der Waals surface area contributed by atoms with Crippen molar-refractivity contribution >= 4 is 5.91 Å². The third kappa shape index (κ3) is 4.29. The Kier molecular flexibility index (Phi) is 5.51. The van der Waals surface area contributed by atoms with Crippen LogP contribution in [0.1, 0.15) is 6.42 Å². The predicted octanol–water partition coefficient (Wildman–Crippen LogP) is 1.15. The van der Waals surface area contributed by atoms with E-state index in [0.717, 1.165) is 12.1 Å². The van der Waals surface area contributed by atoms with Crippen LogP contribution < -0.4 is 10.5 Å². The average Bonchev–Trinajstić information content (AvgIpc) is 2.36. The van der Waals surface area contributed by atoms with Crippen LogP contribution in [0.25, 0.3) is 0 Å². The molecular weight excluding hydrogens is 242 g/mol. The Morgan fingerprint density at radius 3 is 2.72 bits per heavy atom. The maximum atomic E-state index is 12.9. The summed E-state index contributed by atoms with van der Waals surface area (Å²) in [6.07, 6.45) is 0.702. The number of carbonyl (C=O) groups is 1. The number of amides is 1. The zero-order chi connectivity index (χ0) is 13.5. The van der Waals surface area contributed by atoms with E-state index in [4.69, 9.17) is 10.5 Å². The Hall–Kier alpha value is -1.69. The summed E-state index contributed by atoms with van der Waals surface area (Å²) in [5.74, 6) is -2.08. The fourth-order valence-electron chi connectivity index (χ4n) is 1.28. The Morgan fingerprint density at radius 2 is 2.11 bits per heavy atom. The first-order chi connectivity index (χ1) is 8.54. The molecule has 0 heterocycles. The molecule has 0 aliphatic rings. The number of hydrogen-bond donors (Lipinski definition) is 1. The summed E-state index contributed by atoms with van der Waals surface area (Å²) in [6.45, 7) is 0.824. The Bertz CT molecular complexity index is 413. The molecule has 0 aliphatic carbocycles. The number of halogens is 2. The minimum atomic E-state index is -1.00. The van der Waals surface area contributed by atoms with E-state index in [2.05, 4.69) is 0 Å². The van der Waals surface area contributed by atoms with Crippen LogP contribution in [0, 0.1) is 11.6 Å². The van der Waals surface area contributed by atoms with Gasteiger partial charge in [0.1, 0.15) is 5.75 Å². The number of nitrogens with two attached hydrogens (primary N) is 1. The highest BCUT2D eigenvalue weighted by atomic mass is 19.2. The number of benzene rings is 1. The molecule has 1 aromatic carbocycles. The van der Waals surface area contributed by atoms with E-state index in [1.165, 1.54) is 11.0 Å². The van der Waals surface area contributed by atoms with Crippen LogP contribution in [-0.4, -0.2) is 37.6 Å². The molecule has 1 amide bonds. The van der Waals surface area contributed by atoms with Gasteiger partial charge in [-0.3, -0.25) is 4.79 Å². The van der Waals surface area contributed by atoms with Crippen LogP contribution in [0.4, 0.5) is 8.78 Å². The number of carbonyl (C=O) groups excluding carboxylic acids is 1. The van der Waals surface area contributed by atoms with Crippen molar-refractivity contribution in [1.82, 2.24) is 4.90 Å². The van der Waals surface area contributed by atoms with Gasteiger partial charge in [0.15, 0.2) is 18.2 Å². The Morgan fingerprint density at radius 1 is 1.39 bits per heavy atom. The molecular formula is C12H16F2N2O2. The first-order valence-electron chi connectivity index (χ1n) is 5.56. The van der Waals surface area contributed by atoms with Gasteiger partial charge in [-0.2, -0.15) is 0 Å². The fourth-order valence-corrected chi connectivity index (χ4v) is 1.28. The Balaban J connectivity index is 2.44. The second kappa shape index (κ2) is 6.90. The lowest BCUT2D eigenvalue weighted by Crippen LogP contribution is -2.33. The zero-order valence-corrected chi connectivity index (χ0v) is 10.2. The van der Waals surface area contributed by atoms with E-state index in [1.54, 1.807) is 7.05 Å². The summed E-state index contributed by atoms with van der Waals surface area (Å²) in [4.78, 5) is 13.0. The van der Waals surface area contributed by atoms with E-state index in [1.807, 2.05) is 0 Å². The van der Waals surface area contributed by atoms with Gasteiger partial charge in [-0.25, -0.2) is 8.78 Å². The first kappa shape index (κ1) is 14.4. The molecule has 0 saturated heterocycles. The molecule has 0 unspecified atom stereocenters. The number of hydrogen-bond acceptors (Lipinski definition) is 3. The van der Waals surface area contributed by atoms with Crippen molar-refractivity contribution in [2.75, 3.05) is 26.7 Å². The molecule has 0 aromatic heterocycles. The molecule has 18 heavy (non-hydrogen) atoms. The second-order valence-corrected chi connectivity index (χ2v) is 3.82. The standard InChI is InChI=1S/C12H16F2N2O2/c1-16(6-2-5-15)12(17)8-18-9-3-4-10(13)11(14)7-9/h3-4,7H,2,5-6,8,15H2,1H3. The fraction of sp³-hybridized carbons (Fsp3) is 0.417. The van der Waals surface area contributed by atoms with Crippen LogP contribution in [0.2, 0.25) is 0 Å². The molecule has 0 atom stereocenters. The molecule has 0 saturated carbocycles. The summed E-state index contributed by atoms with van der Waals surface area (Å²) in [5, 5.41) is 0. The highest BCUT2D eigenvalue weighted by Gasteiger charge is 2.10. The molecule has 0 radical (unpaired) electrons. The summed E-state index contributed by atoms with van der Waals surface area (Å²) in [7, 11) is 1.63. The van der Waals surface area contributed by atoms with Crippen LogP contribution in [0.5, 0.6) is 5.75 Å². The normalized spacial score (nSPS) is 10.2. The van der Waals surface area contributed by atoms with Gasteiger partial charge in [-0.05, 0) is 25.1 Å². The number of ether oxygens (including phenoxy) is 1. The van der Waals surface area contributed by atoms with E-state index in [9.17, 15) is 13.6 Å². The maximum absolute atomic E-state index is 12.9. The Labute approximate surface area is 104 Å². The molecule has 0 aliphatic heterocycles. The van der Waals surface area contributed by atoms with Gasteiger partial charge in [0.05, 0.1) is 0 Å². The van der Waals surface area contributed by atoms with Gasteiger partial charge in [0, 0.05) is 19.7 Å². The minimum Gasteiger partial charge on any atom is -0.484 e. The maximum Gasteiger partial charge on any atom is 0.260 e. The number of likely N-dealkylation sites (N-methyl/N-ethyl adjacent to an activating group) is 1. The molecule has 4 nitrogen and oxygen atoms in total. The van der Waals surface area contributed by atoms with Crippen molar-refractivity contribution in [1.29, 1.82) is 0 Å². The monoisotopic (exact) mass is 258 g/mol. The average molecular weight is 258 g/mol. The lowest BCUT2D eigenvalue weighted by atomic mass is 10.3. The molecule has 0 bridgehead atoms. The SMILES string of the molecule is CN(CCCN)C(=O)COc1ccc(F)c(F)c1. The van der Waals surface area contributed by atoms with E-state index in [0.29, 0.717) is 19.5 Å². The third-order valence-electron chi connectivity index (χ3n) is 2.38. The smallest absolute Gasteiger partial charge is 0.260 e. The van der Waals surface area contributed by atoms with E-state index < -0.39 is 11.6 Å². The first-order valence-corrected chi connectivity index (χ1v) is 5.56. The quantitative estimate of drug-likeness (QED) is 0.832. The number of nitrogens with zero attached hydrogens (tertiary/aromatic N) is 1. The zero-order valence-electron chi connectivity index (χ0n) is 10.2. The molecule has 2 N–H and O–H groups in total. The molecule has 6 heteroatoms. The van der Waals surface area contributed by atoms with Gasteiger partial charge in [0.2, 0.25) is 0 Å². The van der Waals surface area contributed by atoms with Gasteiger partial charge >= 0.3 is 0 Å². The van der Waals surface area contributed by atoms with Gasteiger partial charge in [-0.1, -0.05) is 0 Å². The van der Waals surface area contributed by atoms with E-state index in [-0.39, 0.29) is 18.3 Å². The van der Waals surface area contributed by atoms with Crippen molar-refractivity contribution in [3.8, 4) is 5.75 Å². The van der Waals surface area contributed by atoms with Crippen LogP contribution in [-0.2, 0) is 4.79 Å². The summed E-state index contributed by atoms with van der Waals surface area (Å²) < 4.78 is 30.6. The highest BCUT2D eigenvalue weighted by molar-refractivity contribution is 5.77. The van der Waals surface area contributed by atoms with Crippen LogP contribution in [0.3, 0.4) is 0 Å². The highest BCUT2D eigenvalue weighted by Crippen LogP contribution is 2.15.